The van der Waals surface area contributed by atoms with Gasteiger partial charge in [-0.15, -0.1) is 0 Å². The summed E-state index contributed by atoms with van der Waals surface area (Å²) >= 11 is 0. The molecule has 1 aliphatic carbocycles. The van der Waals surface area contributed by atoms with Gasteiger partial charge in [0.25, 0.3) is 5.56 Å². The predicted molar refractivity (Wildman–Crippen MR) is 104 cm³/mol. The fourth-order valence-corrected chi connectivity index (χ4v) is 4.11. The first-order valence-corrected chi connectivity index (χ1v) is 9.88. The van der Waals surface area contributed by atoms with Gasteiger partial charge in [0, 0.05) is 19.0 Å². The number of amides is 1. The highest BCUT2D eigenvalue weighted by Crippen LogP contribution is 2.30. The lowest BCUT2D eigenvalue weighted by molar-refractivity contribution is -0.137. The molecule has 5 heteroatoms. The Bertz CT molecular complexity index is 837. The van der Waals surface area contributed by atoms with E-state index < -0.39 is 0 Å². The molecule has 0 spiro atoms. The zero-order valence-corrected chi connectivity index (χ0v) is 16.1. The molecule has 1 unspecified atom stereocenters. The molecular formula is C21H29N3O2. The van der Waals surface area contributed by atoms with Crippen molar-refractivity contribution in [2.75, 3.05) is 6.54 Å². The molecule has 1 saturated carbocycles. The van der Waals surface area contributed by atoms with Gasteiger partial charge in [-0.1, -0.05) is 31.9 Å². The minimum atomic E-state index is -0.211. The molecular weight excluding hydrogens is 326 g/mol. The molecule has 0 N–H and O–H groups in total. The monoisotopic (exact) mass is 355 g/mol. The lowest BCUT2D eigenvalue weighted by atomic mass is 10.1. The third kappa shape index (κ3) is 3.39. The van der Waals surface area contributed by atoms with Crippen LogP contribution in [0.2, 0.25) is 0 Å². The maximum Gasteiger partial charge on any atom is 0.261 e. The zero-order chi connectivity index (χ0) is 18.7. The molecule has 0 saturated heterocycles. The predicted octanol–water partition coefficient (Wildman–Crippen LogP) is 3.91. The van der Waals surface area contributed by atoms with Crippen LogP contribution in [-0.4, -0.2) is 26.9 Å². The van der Waals surface area contributed by atoms with Crippen LogP contribution in [0.4, 0.5) is 0 Å². The van der Waals surface area contributed by atoms with Crippen LogP contribution in [0, 0.1) is 5.92 Å². The van der Waals surface area contributed by atoms with Crippen LogP contribution in [0.15, 0.2) is 29.1 Å². The smallest absolute Gasteiger partial charge is 0.261 e. The number of rotatable bonds is 6. The van der Waals surface area contributed by atoms with Gasteiger partial charge in [-0.25, -0.2) is 4.98 Å². The van der Waals surface area contributed by atoms with E-state index in [0.29, 0.717) is 29.8 Å². The molecule has 1 heterocycles. The number of carbonyl (C=O) groups is 1. The Morgan fingerprint density at radius 2 is 1.96 bits per heavy atom. The second-order valence-electron chi connectivity index (χ2n) is 7.23. The van der Waals surface area contributed by atoms with Gasteiger partial charge in [-0.2, -0.15) is 0 Å². The maximum absolute atomic E-state index is 13.0. The molecule has 1 aliphatic rings. The normalized spacial score (nSPS) is 16.1. The number of aromatic nitrogens is 2. The molecule has 1 atom stereocenters. The highest BCUT2D eigenvalue weighted by atomic mass is 16.2. The Balaban J connectivity index is 2.05. The van der Waals surface area contributed by atoms with Crippen molar-refractivity contribution in [2.24, 2.45) is 5.92 Å². The van der Waals surface area contributed by atoms with Gasteiger partial charge in [0.05, 0.1) is 16.9 Å². The Morgan fingerprint density at radius 3 is 2.62 bits per heavy atom. The van der Waals surface area contributed by atoms with Crippen LogP contribution < -0.4 is 5.56 Å². The fraction of sp³-hybridized carbons (Fsp3) is 0.571. The number of hydrogen-bond donors (Lipinski definition) is 0. The average Bonchev–Trinajstić information content (AvgIpc) is 3.19. The first kappa shape index (κ1) is 18.6. The first-order valence-electron chi connectivity index (χ1n) is 9.88. The van der Waals surface area contributed by atoms with E-state index in [4.69, 9.17) is 4.98 Å². The summed E-state index contributed by atoms with van der Waals surface area (Å²) in [6.07, 6.45) is 5.08. The fourth-order valence-electron chi connectivity index (χ4n) is 4.11. The number of nitrogens with zero attached hydrogens (tertiary/aromatic N) is 3. The topological polar surface area (TPSA) is 55.2 Å². The van der Waals surface area contributed by atoms with Crippen molar-refractivity contribution in [3.63, 3.8) is 0 Å². The average molecular weight is 355 g/mol. The Kier molecular flexibility index (Phi) is 5.74. The standard InChI is InChI=1S/C21H29N3O2/c1-4-14-24-19(22-18-13-9-8-12-17(18)21(24)26)15(3)23(5-2)20(25)16-10-6-7-11-16/h8-9,12-13,15-16H,4-7,10-11,14H2,1-3H3. The van der Waals surface area contributed by atoms with E-state index in [0.717, 1.165) is 32.1 Å². The van der Waals surface area contributed by atoms with E-state index in [-0.39, 0.29) is 23.4 Å². The third-order valence-electron chi connectivity index (χ3n) is 5.51. The molecule has 26 heavy (non-hydrogen) atoms. The number of para-hydroxylation sites is 1. The van der Waals surface area contributed by atoms with Gasteiger partial charge < -0.3 is 4.90 Å². The Labute approximate surface area is 155 Å². The van der Waals surface area contributed by atoms with Gasteiger partial charge in [-0.3, -0.25) is 14.2 Å². The van der Waals surface area contributed by atoms with Gasteiger partial charge in [0.1, 0.15) is 5.82 Å². The largest absolute Gasteiger partial charge is 0.333 e. The second-order valence-corrected chi connectivity index (χ2v) is 7.23. The summed E-state index contributed by atoms with van der Waals surface area (Å²) in [5.74, 6) is 1.04. The minimum absolute atomic E-state index is 0.0105. The Hall–Kier alpha value is -2.17. The number of fused-ring (bicyclic) bond motifs is 1. The van der Waals surface area contributed by atoms with Crippen LogP contribution in [0.25, 0.3) is 10.9 Å². The molecule has 5 nitrogen and oxygen atoms in total. The van der Waals surface area contributed by atoms with E-state index in [2.05, 4.69) is 6.92 Å². The van der Waals surface area contributed by atoms with Crippen LogP contribution >= 0.6 is 0 Å². The SMILES string of the molecule is CCCn1c(C(C)N(CC)C(=O)C2CCCC2)nc2ccccc2c1=O. The molecule has 1 amide bonds. The van der Waals surface area contributed by atoms with Crippen LogP contribution in [0.1, 0.15) is 64.7 Å². The summed E-state index contributed by atoms with van der Waals surface area (Å²) in [4.78, 5) is 32.7. The number of hydrogen-bond acceptors (Lipinski definition) is 3. The molecule has 2 aromatic rings. The molecule has 3 rings (SSSR count). The number of benzene rings is 1. The Morgan fingerprint density at radius 1 is 1.27 bits per heavy atom. The van der Waals surface area contributed by atoms with Crippen molar-refractivity contribution in [3.8, 4) is 0 Å². The van der Waals surface area contributed by atoms with E-state index in [1.165, 1.54) is 0 Å². The second kappa shape index (κ2) is 8.02. The van der Waals surface area contributed by atoms with Crippen molar-refractivity contribution in [1.29, 1.82) is 0 Å². The highest BCUT2D eigenvalue weighted by molar-refractivity contribution is 5.80. The highest BCUT2D eigenvalue weighted by Gasteiger charge is 2.31. The van der Waals surface area contributed by atoms with E-state index in [1.807, 2.05) is 43.0 Å². The number of carbonyl (C=O) groups excluding carboxylic acids is 1. The lowest BCUT2D eigenvalue weighted by Gasteiger charge is -2.31. The molecule has 0 aliphatic heterocycles. The summed E-state index contributed by atoms with van der Waals surface area (Å²) in [6, 6.07) is 7.25. The molecule has 140 valence electrons. The van der Waals surface area contributed by atoms with E-state index in [1.54, 1.807) is 4.57 Å². The van der Waals surface area contributed by atoms with Crippen molar-refractivity contribution < 1.29 is 4.79 Å². The zero-order valence-electron chi connectivity index (χ0n) is 16.1. The van der Waals surface area contributed by atoms with E-state index >= 15 is 0 Å². The lowest BCUT2D eigenvalue weighted by Crippen LogP contribution is -2.40. The third-order valence-corrected chi connectivity index (χ3v) is 5.51. The summed E-state index contributed by atoms with van der Waals surface area (Å²) in [6.45, 7) is 7.31. The summed E-state index contributed by atoms with van der Waals surface area (Å²) in [7, 11) is 0. The molecule has 0 bridgehead atoms. The molecule has 0 radical (unpaired) electrons. The summed E-state index contributed by atoms with van der Waals surface area (Å²) in [5, 5.41) is 0.641. The van der Waals surface area contributed by atoms with Crippen molar-refractivity contribution in [2.45, 2.75) is 65.5 Å². The maximum atomic E-state index is 13.0. The van der Waals surface area contributed by atoms with Gasteiger partial charge in [-0.05, 0) is 45.2 Å². The van der Waals surface area contributed by atoms with Gasteiger partial charge in [0.15, 0.2) is 0 Å². The van der Waals surface area contributed by atoms with Crippen LogP contribution in [-0.2, 0) is 11.3 Å². The van der Waals surface area contributed by atoms with Crippen molar-refractivity contribution >= 4 is 16.8 Å². The van der Waals surface area contributed by atoms with E-state index in [9.17, 15) is 9.59 Å². The minimum Gasteiger partial charge on any atom is -0.333 e. The molecule has 1 aromatic heterocycles. The molecule has 1 fully saturated rings. The summed E-state index contributed by atoms with van der Waals surface area (Å²) < 4.78 is 1.76. The van der Waals surface area contributed by atoms with Crippen LogP contribution in [0.3, 0.4) is 0 Å². The van der Waals surface area contributed by atoms with Gasteiger partial charge in [0.2, 0.25) is 5.91 Å². The molecule has 1 aromatic carbocycles. The van der Waals surface area contributed by atoms with Gasteiger partial charge >= 0.3 is 0 Å². The van der Waals surface area contributed by atoms with Crippen molar-refractivity contribution in [1.82, 2.24) is 14.5 Å². The quantitative estimate of drug-likeness (QED) is 0.789. The summed E-state index contributed by atoms with van der Waals surface area (Å²) in [5.41, 5.74) is 0.694. The van der Waals surface area contributed by atoms with Crippen molar-refractivity contribution in [3.05, 3.63) is 40.4 Å². The van der Waals surface area contributed by atoms with Crippen LogP contribution in [0.5, 0.6) is 0 Å². The first-order chi connectivity index (χ1) is 12.6.